The first-order valence-electron chi connectivity index (χ1n) is 9.75. The van der Waals surface area contributed by atoms with Crippen LogP contribution in [0.15, 0.2) is 33.8 Å². The van der Waals surface area contributed by atoms with Crippen molar-refractivity contribution in [1.29, 1.82) is 0 Å². The van der Waals surface area contributed by atoms with Crippen LogP contribution >= 0.6 is 24.0 Å². The molecule has 0 saturated heterocycles. The van der Waals surface area contributed by atoms with Gasteiger partial charge < -0.3 is 15.2 Å². The van der Waals surface area contributed by atoms with E-state index in [4.69, 9.17) is 9.52 Å². The van der Waals surface area contributed by atoms with Gasteiger partial charge >= 0.3 is 0 Å². The van der Waals surface area contributed by atoms with Crippen LogP contribution in [0.2, 0.25) is 0 Å². The lowest BCUT2D eigenvalue weighted by atomic mass is 10.1. The lowest BCUT2D eigenvalue weighted by Crippen LogP contribution is -2.42. The second-order valence-corrected chi connectivity index (χ2v) is 6.70. The molecule has 0 spiro atoms. The van der Waals surface area contributed by atoms with E-state index < -0.39 is 0 Å². The smallest absolute Gasteiger partial charge is 0.257 e. The molecule has 1 aromatic carbocycles. The van der Waals surface area contributed by atoms with Gasteiger partial charge in [0.05, 0.1) is 0 Å². The second kappa shape index (κ2) is 11.3. The summed E-state index contributed by atoms with van der Waals surface area (Å²) in [6.07, 6.45) is 6.84. The fraction of sp³-hybridized carbons (Fsp3) is 0.550. The second-order valence-electron chi connectivity index (χ2n) is 6.70. The minimum Gasteiger partial charge on any atom is -0.357 e. The molecule has 0 radical (unpaired) electrons. The van der Waals surface area contributed by atoms with Crippen molar-refractivity contribution >= 4 is 29.9 Å². The van der Waals surface area contributed by atoms with Gasteiger partial charge in [-0.25, -0.2) is 0 Å². The summed E-state index contributed by atoms with van der Waals surface area (Å²) in [5, 5.41) is 10.8. The fourth-order valence-corrected chi connectivity index (χ4v) is 3.21. The van der Waals surface area contributed by atoms with E-state index in [1.165, 1.54) is 31.2 Å². The highest BCUT2D eigenvalue weighted by Crippen LogP contribution is 2.19. The number of halogens is 1. The molecule has 1 fully saturated rings. The van der Waals surface area contributed by atoms with Gasteiger partial charge in [-0.2, -0.15) is 4.98 Å². The molecule has 2 N–H and O–H groups in total. The van der Waals surface area contributed by atoms with E-state index >= 15 is 0 Å². The van der Waals surface area contributed by atoms with Crippen molar-refractivity contribution in [1.82, 2.24) is 20.8 Å². The van der Waals surface area contributed by atoms with Gasteiger partial charge in [-0.15, -0.1) is 24.0 Å². The van der Waals surface area contributed by atoms with Gasteiger partial charge in [0.2, 0.25) is 0 Å². The third-order valence-corrected chi connectivity index (χ3v) is 4.70. The average molecular weight is 483 g/mol. The Morgan fingerprint density at radius 3 is 2.56 bits per heavy atom. The van der Waals surface area contributed by atoms with Crippen LogP contribution in [-0.2, 0) is 12.8 Å². The Kier molecular flexibility index (Phi) is 9.03. The third kappa shape index (κ3) is 6.48. The first-order valence-corrected chi connectivity index (χ1v) is 9.75. The van der Waals surface area contributed by atoms with Gasteiger partial charge in [-0.3, -0.25) is 4.99 Å². The van der Waals surface area contributed by atoms with Crippen molar-refractivity contribution in [2.75, 3.05) is 13.1 Å². The molecule has 1 saturated carbocycles. The third-order valence-electron chi connectivity index (χ3n) is 4.70. The Bertz CT molecular complexity index is 707. The summed E-state index contributed by atoms with van der Waals surface area (Å²) in [4.78, 5) is 9.09. The number of aryl methyl sites for hydroxylation is 1. The first-order chi connectivity index (χ1) is 12.8. The molecule has 27 heavy (non-hydrogen) atoms. The highest BCUT2D eigenvalue weighted by Gasteiger charge is 2.15. The highest BCUT2D eigenvalue weighted by atomic mass is 127. The average Bonchev–Trinajstić information content (AvgIpc) is 3.34. The van der Waals surface area contributed by atoms with E-state index in [2.05, 4.69) is 39.8 Å². The summed E-state index contributed by atoms with van der Waals surface area (Å²) < 4.78 is 5.28. The number of benzene rings is 1. The van der Waals surface area contributed by atoms with Crippen molar-refractivity contribution in [3.05, 3.63) is 35.7 Å². The van der Waals surface area contributed by atoms with Crippen LogP contribution in [-0.4, -0.2) is 35.2 Å². The summed E-state index contributed by atoms with van der Waals surface area (Å²) in [7, 11) is 0. The molecule has 0 bridgehead atoms. The van der Waals surface area contributed by atoms with Gasteiger partial charge in [-0.05, 0) is 43.9 Å². The number of rotatable bonds is 7. The maximum absolute atomic E-state index is 5.28. The molecule has 0 amide bonds. The number of guanidine groups is 1. The largest absolute Gasteiger partial charge is 0.357 e. The normalized spacial score (nSPS) is 14.8. The number of aromatic nitrogens is 2. The van der Waals surface area contributed by atoms with E-state index in [-0.39, 0.29) is 24.0 Å². The van der Waals surface area contributed by atoms with Crippen molar-refractivity contribution in [2.45, 2.75) is 58.4 Å². The molecule has 1 aliphatic carbocycles. The first kappa shape index (κ1) is 21.7. The molecule has 2 aromatic rings. The van der Waals surface area contributed by atoms with Crippen LogP contribution in [0.4, 0.5) is 0 Å². The predicted molar refractivity (Wildman–Crippen MR) is 120 cm³/mol. The molecule has 1 heterocycles. The highest BCUT2D eigenvalue weighted by molar-refractivity contribution is 14.0. The number of nitrogens with one attached hydrogen (secondary N) is 2. The fourth-order valence-electron chi connectivity index (χ4n) is 3.21. The lowest BCUT2D eigenvalue weighted by molar-refractivity contribution is 0.423. The Morgan fingerprint density at radius 1 is 1.19 bits per heavy atom. The van der Waals surface area contributed by atoms with E-state index in [0.29, 0.717) is 11.9 Å². The maximum Gasteiger partial charge on any atom is 0.257 e. The molecule has 0 aliphatic heterocycles. The van der Waals surface area contributed by atoms with Gasteiger partial charge in [0.1, 0.15) is 0 Å². The minimum absolute atomic E-state index is 0. The van der Waals surface area contributed by atoms with Gasteiger partial charge in [0.15, 0.2) is 11.8 Å². The monoisotopic (exact) mass is 483 g/mol. The molecule has 3 rings (SSSR count). The van der Waals surface area contributed by atoms with Crippen LogP contribution in [0, 0.1) is 0 Å². The Labute approximate surface area is 178 Å². The summed E-state index contributed by atoms with van der Waals surface area (Å²) in [5.74, 6) is 2.26. The zero-order valence-electron chi connectivity index (χ0n) is 16.2. The van der Waals surface area contributed by atoms with E-state index in [0.717, 1.165) is 43.3 Å². The zero-order valence-corrected chi connectivity index (χ0v) is 18.5. The summed E-state index contributed by atoms with van der Waals surface area (Å²) in [5.41, 5.74) is 2.21. The quantitative estimate of drug-likeness (QED) is 0.354. The van der Waals surface area contributed by atoms with Crippen LogP contribution in [0.1, 0.15) is 50.9 Å². The molecule has 148 valence electrons. The van der Waals surface area contributed by atoms with Crippen molar-refractivity contribution < 1.29 is 4.52 Å². The standard InChI is InChI=1S/C20H29N5O.HI/c1-3-18-24-19(26-25-18)16-11-9-15(10-12-16)13-14-22-20(21-4-2)23-17-7-5-6-8-17;/h9-12,17H,3-8,13-14H2,1-2H3,(H2,21,22,23);1H. The van der Waals surface area contributed by atoms with E-state index in [9.17, 15) is 0 Å². The molecular formula is C20H30IN5O. The molecule has 0 atom stereocenters. The van der Waals surface area contributed by atoms with E-state index in [1.54, 1.807) is 0 Å². The van der Waals surface area contributed by atoms with Gasteiger partial charge in [0.25, 0.3) is 5.89 Å². The molecular weight excluding hydrogens is 453 g/mol. The van der Waals surface area contributed by atoms with Crippen molar-refractivity contribution in [3.8, 4) is 11.5 Å². The number of hydrogen-bond donors (Lipinski definition) is 2. The van der Waals surface area contributed by atoms with E-state index in [1.807, 2.05) is 19.1 Å². The Morgan fingerprint density at radius 2 is 1.93 bits per heavy atom. The SMILES string of the molecule is CCNC(=NCCc1ccc(-c2nc(CC)no2)cc1)NC1CCCC1.I. The van der Waals surface area contributed by atoms with Gasteiger partial charge in [0, 0.05) is 31.1 Å². The van der Waals surface area contributed by atoms with Crippen molar-refractivity contribution in [2.24, 2.45) is 4.99 Å². The van der Waals surface area contributed by atoms with Crippen LogP contribution in [0.3, 0.4) is 0 Å². The number of nitrogens with zero attached hydrogens (tertiary/aromatic N) is 3. The van der Waals surface area contributed by atoms with Gasteiger partial charge in [-0.1, -0.05) is 37.1 Å². The Hall–Kier alpha value is -1.64. The number of hydrogen-bond acceptors (Lipinski definition) is 4. The molecule has 1 aliphatic rings. The zero-order chi connectivity index (χ0) is 18.2. The van der Waals surface area contributed by atoms with Crippen LogP contribution < -0.4 is 10.6 Å². The van der Waals surface area contributed by atoms with Crippen LogP contribution in [0.5, 0.6) is 0 Å². The topological polar surface area (TPSA) is 75.3 Å². The molecule has 1 aromatic heterocycles. The lowest BCUT2D eigenvalue weighted by Gasteiger charge is -2.16. The summed E-state index contributed by atoms with van der Waals surface area (Å²) in [6, 6.07) is 8.87. The minimum atomic E-state index is 0. The van der Waals surface area contributed by atoms with Crippen LogP contribution in [0.25, 0.3) is 11.5 Å². The Balaban J connectivity index is 0.00000261. The summed E-state index contributed by atoms with van der Waals surface area (Å²) >= 11 is 0. The predicted octanol–water partition coefficient (Wildman–Crippen LogP) is 3.96. The molecule has 6 nitrogen and oxygen atoms in total. The number of aliphatic imine (C=N–C) groups is 1. The molecule has 7 heteroatoms. The van der Waals surface area contributed by atoms with Crippen molar-refractivity contribution in [3.63, 3.8) is 0 Å². The summed E-state index contributed by atoms with van der Waals surface area (Å²) in [6.45, 7) is 5.77. The maximum atomic E-state index is 5.28. The molecule has 0 unspecified atom stereocenters.